The van der Waals surface area contributed by atoms with Crippen molar-refractivity contribution in [2.24, 2.45) is 5.92 Å². The Morgan fingerprint density at radius 1 is 0.514 bits per heavy atom. The molecule has 0 radical (unpaired) electrons. The Balaban J connectivity index is 0.00000533. The monoisotopic (exact) mass is 1080 g/mol. The summed E-state index contributed by atoms with van der Waals surface area (Å²) in [6.45, 7) is 4.54. The maximum atomic E-state index is 6.76. The Morgan fingerprint density at radius 3 is 1.79 bits per heavy atom. The van der Waals surface area contributed by atoms with E-state index in [-0.39, 0.29) is 21.1 Å². The molecule has 70 heavy (non-hydrogen) atoms. The third-order valence-corrected chi connectivity index (χ3v) is 12.9. The maximum absolute atomic E-state index is 6.76. The van der Waals surface area contributed by atoms with Crippen LogP contribution in [0.1, 0.15) is 19.4 Å². The number of ether oxygens (including phenoxy) is 1. The van der Waals surface area contributed by atoms with Gasteiger partial charge in [0.15, 0.2) is 0 Å². The Hall–Kier alpha value is -8.11. The zero-order valence-corrected chi connectivity index (χ0v) is 40.9. The molecule has 0 saturated heterocycles. The smallest absolute Gasteiger partial charge is 0.268 e. The van der Waals surface area contributed by atoms with Crippen LogP contribution in [0, 0.1) is 24.4 Å². The number of hydrogen-bond donors (Lipinski definition) is 0. The first-order chi connectivity index (χ1) is 34.0. The molecule has 0 atom stereocenters. The van der Waals surface area contributed by atoms with Crippen LogP contribution >= 0.6 is 0 Å². The van der Waals surface area contributed by atoms with E-state index in [1.165, 1.54) is 11.1 Å². The van der Waals surface area contributed by atoms with Gasteiger partial charge in [0.2, 0.25) is 0 Å². The van der Waals surface area contributed by atoms with E-state index in [1.54, 1.807) is 0 Å². The van der Waals surface area contributed by atoms with Crippen LogP contribution in [0.15, 0.2) is 225 Å². The van der Waals surface area contributed by atoms with E-state index in [0.29, 0.717) is 17.4 Å². The summed E-state index contributed by atoms with van der Waals surface area (Å²) in [5.74, 6) is 2.44. The molecule has 0 saturated carbocycles. The number of fused-ring (bicyclic) bond motifs is 4. The number of benzene rings is 9. The van der Waals surface area contributed by atoms with Gasteiger partial charge >= 0.3 is 0 Å². The van der Waals surface area contributed by atoms with Crippen molar-refractivity contribution >= 4 is 32.8 Å². The number of nitrogens with zero attached hydrogens (tertiary/aromatic N) is 4. The standard InChI is InChI=1S/C64H46N4O.Pt/c1-44(2)37-50-39-63(65-42-58(50)48-25-13-6-14-26-48)68-59-36-33-49(45-19-7-3-8-20-45)38-57(59)56-35-34-53(41-62(56)68)69-52-28-17-27-51(40-52)66-43-67(61-32-16-15-31-60(61)66)64-54(46-21-9-4-10-22-46)29-18-30-55(64)47-23-11-5-12-24-47;/h3-36,38-39,42,44H,37H2,1-2H3;/q-2;. The Kier molecular flexibility index (Phi) is 12.1. The second-order valence-electron chi connectivity index (χ2n) is 17.9. The Bertz CT molecular complexity index is 3750. The van der Waals surface area contributed by atoms with Crippen LogP contribution in [0.3, 0.4) is 0 Å². The quantitative estimate of drug-likeness (QED) is 0.0956. The van der Waals surface area contributed by atoms with E-state index < -0.39 is 0 Å². The molecule has 0 unspecified atom stereocenters. The van der Waals surface area contributed by atoms with Crippen molar-refractivity contribution in [3.63, 3.8) is 0 Å². The van der Waals surface area contributed by atoms with Gasteiger partial charge in [-0.05, 0) is 80.1 Å². The second kappa shape index (κ2) is 19.1. The molecule has 6 heteroatoms. The molecule has 0 bridgehead atoms. The maximum Gasteiger partial charge on any atom is 0.268 e. The first-order valence-corrected chi connectivity index (χ1v) is 23.5. The van der Waals surface area contributed by atoms with Crippen molar-refractivity contribution in [1.82, 2.24) is 14.1 Å². The van der Waals surface area contributed by atoms with E-state index in [2.05, 4.69) is 246 Å². The van der Waals surface area contributed by atoms with E-state index in [9.17, 15) is 0 Å². The van der Waals surface area contributed by atoms with Crippen molar-refractivity contribution in [3.05, 3.63) is 249 Å². The molecule has 0 spiro atoms. The molecule has 12 rings (SSSR count). The summed E-state index contributed by atoms with van der Waals surface area (Å²) in [4.78, 5) is 5.19. The Labute approximate surface area is 422 Å². The van der Waals surface area contributed by atoms with E-state index >= 15 is 0 Å². The van der Waals surface area contributed by atoms with Crippen LogP contribution in [0.25, 0.3) is 94.5 Å². The van der Waals surface area contributed by atoms with Crippen LogP contribution in [0.5, 0.6) is 11.5 Å². The normalized spacial score (nSPS) is 11.4. The fourth-order valence-corrected chi connectivity index (χ4v) is 9.76. The fourth-order valence-electron chi connectivity index (χ4n) is 9.76. The summed E-state index contributed by atoms with van der Waals surface area (Å²) in [5.41, 5.74) is 16.2. The molecule has 9 aromatic carbocycles. The number of pyridine rings is 1. The minimum Gasteiger partial charge on any atom is -0.510 e. The largest absolute Gasteiger partial charge is 0.510 e. The summed E-state index contributed by atoms with van der Waals surface area (Å²) in [6.07, 6.45) is 6.73. The SMILES string of the molecule is CC(C)Cc1cc(-n2c3[c-]c(Oc4[c-]c(-n5[c-][n+](-c6c(-c7ccccc7)cccc6-c6ccccc6)c6ccccc65)ccc4)ccc3c3cc(-c4ccccc4)ccc32)ncc1-c1ccccc1.[Pt]. The van der Waals surface area contributed by atoms with Crippen LogP contribution in [0.2, 0.25) is 0 Å². The molecule has 340 valence electrons. The van der Waals surface area contributed by atoms with Gasteiger partial charge in [0.25, 0.3) is 6.33 Å². The first kappa shape index (κ1) is 44.4. The molecule has 3 aromatic heterocycles. The van der Waals surface area contributed by atoms with E-state index in [4.69, 9.17) is 9.72 Å². The van der Waals surface area contributed by atoms with Crippen molar-refractivity contribution < 1.29 is 30.4 Å². The van der Waals surface area contributed by atoms with Gasteiger partial charge in [-0.25, -0.2) is 4.98 Å². The van der Waals surface area contributed by atoms with Gasteiger partial charge in [-0.15, -0.1) is 29.7 Å². The minimum atomic E-state index is 0. The minimum absolute atomic E-state index is 0. The average Bonchev–Trinajstić information content (AvgIpc) is 3.95. The van der Waals surface area contributed by atoms with Crippen LogP contribution in [-0.2, 0) is 27.5 Å². The average molecular weight is 1080 g/mol. The van der Waals surface area contributed by atoms with Crippen LogP contribution in [0.4, 0.5) is 0 Å². The van der Waals surface area contributed by atoms with E-state index in [0.717, 1.165) is 95.4 Å². The molecule has 0 aliphatic rings. The third kappa shape index (κ3) is 8.33. The zero-order chi connectivity index (χ0) is 46.3. The molecule has 0 aliphatic heterocycles. The summed E-state index contributed by atoms with van der Waals surface area (Å²) < 4.78 is 13.3. The van der Waals surface area contributed by atoms with Gasteiger partial charge in [-0.1, -0.05) is 195 Å². The molecule has 3 heterocycles. The van der Waals surface area contributed by atoms with Crippen molar-refractivity contribution in [1.29, 1.82) is 0 Å². The number of para-hydroxylation sites is 3. The van der Waals surface area contributed by atoms with Gasteiger partial charge < -0.3 is 13.9 Å². The van der Waals surface area contributed by atoms with Crippen molar-refractivity contribution in [3.8, 4) is 73.2 Å². The Morgan fingerprint density at radius 2 is 1.11 bits per heavy atom. The van der Waals surface area contributed by atoms with Gasteiger partial charge in [0.1, 0.15) is 5.82 Å². The molecule has 0 N–H and O–H groups in total. The number of hydrogen-bond acceptors (Lipinski definition) is 2. The molecule has 0 fully saturated rings. The van der Waals surface area contributed by atoms with Gasteiger partial charge in [-0.3, -0.25) is 4.57 Å². The zero-order valence-electron chi connectivity index (χ0n) is 38.7. The fraction of sp³-hybridized carbons (Fsp3) is 0.0625. The van der Waals surface area contributed by atoms with Gasteiger partial charge in [-0.2, -0.15) is 18.2 Å². The molecular weight excluding hydrogens is 1040 g/mol. The molecule has 5 nitrogen and oxygen atoms in total. The van der Waals surface area contributed by atoms with Gasteiger partial charge in [0, 0.05) is 49.8 Å². The number of aromatic nitrogens is 4. The predicted octanol–water partition coefficient (Wildman–Crippen LogP) is 15.5. The summed E-state index contributed by atoms with van der Waals surface area (Å²) in [5, 5.41) is 2.19. The van der Waals surface area contributed by atoms with Crippen molar-refractivity contribution in [2.45, 2.75) is 20.3 Å². The molecule has 0 aliphatic carbocycles. The summed E-state index contributed by atoms with van der Waals surface area (Å²) in [7, 11) is 0. The topological polar surface area (TPSA) is 35.9 Å². The number of rotatable bonds is 11. The van der Waals surface area contributed by atoms with Crippen LogP contribution in [-0.4, -0.2) is 14.1 Å². The third-order valence-electron chi connectivity index (χ3n) is 12.9. The number of imidazole rings is 1. The summed E-state index contributed by atoms with van der Waals surface area (Å²) in [6, 6.07) is 83.7. The van der Waals surface area contributed by atoms with Crippen LogP contribution < -0.4 is 9.30 Å². The molecule has 12 aromatic rings. The van der Waals surface area contributed by atoms with E-state index in [1.807, 2.05) is 24.4 Å². The predicted molar refractivity (Wildman–Crippen MR) is 280 cm³/mol. The molecule has 0 amide bonds. The summed E-state index contributed by atoms with van der Waals surface area (Å²) >= 11 is 0. The van der Waals surface area contributed by atoms with Gasteiger partial charge in [0.05, 0.1) is 16.7 Å². The molecular formula is C64H46N4OPt-2. The second-order valence-corrected chi connectivity index (χ2v) is 17.9. The van der Waals surface area contributed by atoms with Crippen molar-refractivity contribution in [2.75, 3.05) is 0 Å². The first-order valence-electron chi connectivity index (χ1n) is 23.5.